The van der Waals surface area contributed by atoms with Crippen LogP contribution in [0.5, 0.6) is 0 Å². The Balaban J connectivity index is 0.00000324. The van der Waals surface area contributed by atoms with E-state index in [0.717, 1.165) is 30.5 Å². The van der Waals surface area contributed by atoms with E-state index in [2.05, 4.69) is 10.3 Å². The molecule has 172 valence electrons. The predicted molar refractivity (Wildman–Crippen MR) is 113 cm³/mol. The van der Waals surface area contributed by atoms with Crippen LogP contribution in [-0.4, -0.2) is 17.5 Å². The molecule has 1 aliphatic heterocycles. The SMILES string of the molecule is O=C([O-])CCc1ccc(NCc2ccc3c(n2)N(c2cc(F)c(F)c(F)c2)CCC3)cc1F.[Na+]. The number of carbonyl (C=O) groups is 1. The number of aromatic nitrogens is 1. The third-order valence-corrected chi connectivity index (χ3v) is 5.50. The van der Waals surface area contributed by atoms with E-state index in [1.54, 1.807) is 11.0 Å². The first kappa shape index (κ1) is 26.0. The fourth-order valence-electron chi connectivity index (χ4n) is 3.82. The van der Waals surface area contributed by atoms with Crippen molar-refractivity contribution in [3.63, 3.8) is 0 Å². The Hall–Kier alpha value is -2.62. The summed E-state index contributed by atoms with van der Waals surface area (Å²) in [5, 5.41) is 13.6. The van der Waals surface area contributed by atoms with Crippen molar-refractivity contribution in [3.8, 4) is 0 Å². The van der Waals surface area contributed by atoms with Gasteiger partial charge in [0.1, 0.15) is 11.6 Å². The van der Waals surface area contributed by atoms with Crippen LogP contribution in [-0.2, 0) is 24.2 Å². The van der Waals surface area contributed by atoms with Gasteiger partial charge in [-0.2, -0.15) is 0 Å². The number of carbonyl (C=O) groups excluding carboxylic acids is 1. The molecule has 5 nitrogen and oxygen atoms in total. The van der Waals surface area contributed by atoms with Crippen LogP contribution in [0.4, 0.5) is 34.8 Å². The number of nitrogens with one attached hydrogen (secondary N) is 1. The van der Waals surface area contributed by atoms with Gasteiger partial charge < -0.3 is 20.1 Å². The molecule has 1 N–H and O–H groups in total. The van der Waals surface area contributed by atoms with Gasteiger partial charge in [0, 0.05) is 36.0 Å². The van der Waals surface area contributed by atoms with Crippen LogP contribution in [0, 0.1) is 23.3 Å². The number of aliphatic carboxylic acids is 1. The topological polar surface area (TPSA) is 68.3 Å². The van der Waals surface area contributed by atoms with Crippen LogP contribution < -0.4 is 44.9 Å². The maximum absolute atomic E-state index is 14.2. The van der Waals surface area contributed by atoms with Crippen LogP contribution in [0.2, 0.25) is 0 Å². The van der Waals surface area contributed by atoms with E-state index in [9.17, 15) is 27.5 Å². The van der Waals surface area contributed by atoms with Gasteiger partial charge in [0.15, 0.2) is 17.5 Å². The number of halogens is 4. The number of aryl methyl sites for hydroxylation is 2. The van der Waals surface area contributed by atoms with E-state index in [-0.39, 0.29) is 60.2 Å². The Morgan fingerprint density at radius 1 is 1.03 bits per heavy atom. The third-order valence-electron chi connectivity index (χ3n) is 5.50. The molecule has 0 atom stereocenters. The average Bonchev–Trinajstić information content (AvgIpc) is 2.79. The summed E-state index contributed by atoms with van der Waals surface area (Å²) in [7, 11) is 0. The molecule has 0 saturated carbocycles. The first-order chi connectivity index (χ1) is 15.8. The molecule has 0 fully saturated rings. The number of benzene rings is 2. The fourth-order valence-corrected chi connectivity index (χ4v) is 3.82. The quantitative estimate of drug-likeness (QED) is 0.310. The Labute approximate surface area is 216 Å². The fraction of sp³-hybridized carbons (Fsp3) is 0.250. The van der Waals surface area contributed by atoms with Gasteiger partial charge in [-0.3, -0.25) is 0 Å². The van der Waals surface area contributed by atoms with Crippen molar-refractivity contribution in [2.75, 3.05) is 16.8 Å². The second-order valence-corrected chi connectivity index (χ2v) is 7.80. The molecule has 34 heavy (non-hydrogen) atoms. The van der Waals surface area contributed by atoms with Gasteiger partial charge in [-0.05, 0) is 55.0 Å². The van der Waals surface area contributed by atoms with Crippen molar-refractivity contribution in [1.29, 1.82) is 0 Å². The van der Waals surface area contributed by atoms with E-state index < -0.39 is 29.2 Å². The maximum Gasteiger partial charge on any atom is 1.00 e. The Kier molecular flexibility index (Phi) is 8.57. The normalized spacial score (nSPS) is 12.6. The molecule has 4 rings (SSSR count). The first-order valence-electron chi connectivity index (χ1n) is 10.4. The standard InChI is InChI=1S/C24H21F4N3O2.Na/c25-19-10-16(6-3-14(19)5-8-22(32)33)29-13-17-7-4-15-2-1-9-31(24(15)30-17)18-11-20(26)23(28)21(27)12-18;/h3-4,6-7,10-12,29H,1-2,5,8-9,13H2,(H,32,33);/q;+1/p-1. The summed E-state index contributed by atoms with van der Waals surface area (Å²) in [5.74, 6) is -5.27. The molecule has 0 unspecified atom stereocenters. The van der Waals surface area contributed by atoms with E-state index in [4.69, 9.17) is 0 Å². The molecule has 0 saturated heterocycles. The number of fused-ring (bicyclic) bond motifs is 1. The minimum absolute atomic E-state index is 0. The minimum Gasteiger partial charge on any atom is -0.550 e. The van der Waals surface area contributed by atoms with Gasteiger partial charge >= 0.3 is 29.6 Å². The molecule has 1 aliphatic rings. The monoisotopic (exact) mass is 481 g/mol. The number of pyridine rings is 1. The van der Waals surface area contributed by atoms with Gasteiger partial charge in [0.2, 0.25) is 0 Å². The molecule has 2 heterocycles. The van der Waals surface area contributed by atoms with E-state index in [0.29, 0.717) is 23.7 Å². The van der Waals surface area contributed by atoms with Gasteiger partial charge in [0.25, 0.3) is 0 Å². The molecule has 0 aliphatic carbocycles. The number of hydrogen-bond donors (Lipinski definition) is 1. The molecule has 3 aromatic rings. The molecule has 1 aromatic heterocycles. The second kappa shape index (κ2) is 11.2. The van der Waals surface area contributed by atoms with Gasteiger partial charge in [-0.15, -0.1) is 0 Å². The van der Waals surface area contributed by atoms with Crippen molar-refractivity contribution in [2.45, 2.75) is 32.2 Å². The largest absolute Gasteiger partial charge is 1.00 e. The maximum atomic E-state index is 14.2. The number of hydrogen-bond acceptors (Lipinski definition) is 5. The molecular weight excluding hydrogens is 461 g/mol. The van der Waals surface area contributed by atoms with Crippen molar-refractivity contribution in [1.82, 2.24) is 4.98 Å². The van der Waals surface area contributed by atoms with Crippen molar-refractivity contribution < 1.29 is 57.0 Å². The molecule has 2 aromatic carbocycles. The number of anilines is 3. The van der Waals surface area contributed by atoms with E-state index in [1.165, 1.54) is 12.1 Å². The Morgan fingerprint density at radius 2 is 1.76 bits per heavy atom. The van der Waals surface area contributed by atoms with Gasteiger partial charge in [0.05, 0.1) is 12.2 Å². The summed E-state index contributed by atoms with van der Waals surface area (Å²) in [6, 6.07) is 10.0. The molecule has 10 heteroatoms. The molecular formula is C24H20F4N3NaO2. The van der Waals surface area contributed by atoms with Crippen LogP contribution >= 0.6 is 0 Å². The number of rotatable bonds is 7. The zero-order chi connectivity index (χ0) is 23.5. The van der Waals surface area contributed by atoms with Crippen molar-refractivity contribution in [2.24, 2.45) is 0 Å². The number of carboxylic acid groups (broad SMARTS) is 1. The Bertz CT molecular complexity index is 1190. The average molecular weight is 481 g/mol. The molecule has 0 radical (unpaired) electrons. The zero-order valence-electron chi connectivity index (χ0n) is 18.5. The number of nitrogens with zero attached hydrogens (tertiary/aromatic N) is 2. The van der Waals surface area contributed by atoms with E-state index >= 15 is 0 Å². The molecule has 0 bridgehead atoms. The smallest absolute Gasteiger partial charge is 0.550 e. The summed E-state index contributed by atoms with van der Waals surface area (Å²) in [4.78, 5) is 16.8. The van der Waals surface area contributed by atoms with Gasteiger partial charge in [-0.25, -0.2) is 22.5 Å². The summed E-state index contributed by atoms with van der Waals surface area (Å²) >= 11 is 0. The van der Waals surface area contributed by atoms with Crippen molar-refractivity contribution in [3.05, 3.63) is 82.6 Å². The van der Waals surface area contributed by atoms with E-state index in [1.807, 2.05) is 12.1 Å². The Morgan fingerprint density at radius 3 is 2.44 bits per heavy atom. The van der Waals surface area contributed by atoms with Crippen molar-refractivity contribution >= 4 is 23.2 Å². The van der Waals surface area contributed by atoms with Gasteiger partial charge in [-0.1, -0.05) is 12.1 Å². The number of carboxylic acids is 1. The van der Waals surface area contributed by atoms with Crippen LogP contribution in [0.15, 0.2) is 42.5 Å². The summed E-state index contributed by atoms with van der Waals surface area (Å²) in [6.45, 7) is 0.727. The van der Waals surface area contributed by atoms with Crippen LogP contribution in [0.1, 0.15) is 29.7 Å². The second-order valence-electron chi connectivity index (χ2n) is 7.80. The summed E-state index contributed by atoms with van der Waals surface area (Å²) in [6.07, 6.45) is 1.27. The predicted octanol–water partition coefficient (Wildman–Crippen LogP) is 1.02. The van der Waals surface area contributed by atoms with Crippen LogP contribution in [0.3, 0.4) is 0 Å². The summed E-state index contributed by atoms with van der Waals surface area (Å²) < 4.78 is 55.1. The third kappa shape index (κ3) is 5.89. The molecule has 0 amide bonds. The summed E-state index contributed by atoms with van der Waals surface area (Å²) in [5.41, 5.74) is 2.47. The minimum atomic E-state index is -1.51. The zero-order valence-corrected chi connectivity index (χ0v) is 20.5. The first-order valence-corrected chi connectivity index (χ1v) is 10.4. The molecule has 0 spiro atoms. The van der Waals surface area contributed by atoms with Crippen LogP contribution in [0.25, 0.3) is 0 Å².